The molecule has 116 valence electrons. The molecule has 2 fully saturated rings. The second kappa shape index (κ2) is 5.90. The van der Waals surface area contributed by atoms with Crippen LogP contribution in [0, 0.1) is 5.41 Å². The van der Waals surface area contributed by atoms with Gasteiger partial charge in [0.15, 0.2) is 0 Å². The molecule has 0 unspecified atom stereocenters. The number of ether oxygens (including phenoxy) is 1. The van der Waals surface area contributed by atoms with Gasteiger partial charge in [0, 0.05) is 37.7 Å². The first-order valence-electron chi connectivity index (χ1n) is 7.66. The number of carbonyl (C=O) groups is 1. The van der Waals surface area contributed by atoms with Crippen LogP contribution in [0.1, 0.15) is 46.5 Å². The van der Waals surface area contributed by atoms with Crippen molar-refractivity contribution in [3.05, 3.63) is 0 Å². The number of hydrogen-bond acceptors (Lipinski definition) is 4. The van der Waals surface area contributed by atoms with Gasteiger partial charge >= 0.3 is 6.09 Å². The van der Waals surface area contributed by atoms with Crippen LogP contribution in [0.25, 0.3) is 0 Å². The third-order valence-electron chi connectivity index (χ3n) is 4.30. The topological polar surface area (TPSA) is 61.8 Å². The highest BCUT2D eigenvalue weighted by atomic mass is 16.6. The third kappa shape index (κ3) is 3.85. The van der Waals surface area contributed by atoms with Crippen molar-refractivity contribution in [2.45, 2.75) is 58.1 Å². The van der Waals surface area contributed by atoms with Crippen LogP contribution >= 0.6 is 0 Å². The molecule has 20 heavy (non-hydrogen) atoms. The normalized spacial score (nSPS) is 22.7. The molecule has 0 spiro atoms. The lowest BCUT2D eigenvalue weighted by atomic mass is 9.86. The Hall–Kier alpha value is -0.810. The molecule has 0 aromatic rings. The predicted octanol–water partition coefficient (Wildman–Crippen LogP) is 1.75. The van der Waals surface area contributed by atoms with Gasteiger partial charge in [0.25, 0.3) is 0 Å². The first kappa shape index (κ1) is 15.6. The quantitative estimate of drug-likeness (QED) is 0.825. The van der Waals surface area contributed by atoms with Crippen molar-refractivity contribution in [2.24, 2.45) is 5.41 Å². The van der Waals surface area contributed by atoms with Crippen molar-refractivity contribution in [3.8, 4) is 0 Å². The molecule has 0 radical (unpaired) electrons. The standard InChI is InChI=1S/C15H28N2O3/c1-14(2,3)20-13(19)17-8-12(9-17)16-10-15(11-18)6-4-5-7-15/h12,16,18H,4-11H2,1-3H3. The molecule has 0 bridgehead atoms. The highest BCUT2D eigenvalue weighted by Crippen LogP contribution is 2.37. The molecule has 2 aliphatic rings. The first-order chi connectivity index (χ1) is 9.34. The summed E-state index contributed by atoms with van der Waals surface area (Å²) in [7, 11) is 0. The van der Waals surface area contributed by atoms with E-state index in [1.54, 1.807) is 4.90 Å². The Morgan fingerprint density at radius 3 is 2.45 bits per heavy atom. The van der Waals surface area contributed by atoms with Crippen LogP contribution in [0.3, 0.4) is 0 Å². The summed E-state index contributed by atoms with van der Waals surface area (Å²) < 4.78 is 5.33. The van der Waals surface area contributed by atoms with Crippen molar-refractivity contribution in [3.63, 3.8) is 0 Å². The number of aliphatic hydroxyl groups excluding tert-OH is 1. The SMILES string of the molecule is CC(C)(C)OC(=O)N1CC(NCC2(CO)CCCC2)C1. The van der Waals surface area contributed by atoms with Crippen LogP contribution in [-0.4, -0.2) is 54.0 Å². The fourth-order valence-electron chi connectivity index (χ4n) is 2.96. The summed E-state index contributed by atoms with van der Waals surface area (Å²) in [6.07, 6.45) is 4.43. The number of hydrogen-bond donors (Lipinski definition) is 2. The fraction of sp³-hybridized carbons (Fsp3) is 0.933. The maximum Gasteiger partial charge on any atom is 0.410 e. The smallest absolute Gasteiger partial charge is 0.410 e. The molecule has 1 saturated carbocycles. The molecule has 0 atom stereocenters. The maximum atomic E-state index is 11.8. The van der Waals surface area contributed by atoms with Gasteiger partial charge in [-0.15, -0.1) is 0 Å². The van der Waals surface area contributed by atoms with Gasteiger partial charge < -0.3 is 20.1 Å². The minimum absolute atomic E-state index is 0.0757. The van der Waals surface area contributed by atoms with Crippen LogP contribution in [0.4, 0.5) is 4.79 Å². The molecule has 1 saturated heterocycles. The molecule has 1 aliphatic carbocycles. The zero-order valence-electron chi connectivity index (χ0n) is 12.9. The fourth-order valence-corrected chi connectivity index (χ4v) is 2.96. The zero-order chi connectivity index (χ0) is 14.8. The Balaban J connectivity index is 1.68. The van der Waals surface area contributed by atoms with Crippen molar-refractivity contribution in [1.82, 2.24) is 10.2 Å². The van der Waals surface area contributed by atoms with Gasteiger partial charge in [0.2, 0.25) is 0 Å². The maximum absolute atomic E-state index is 11.8. The first-order valence-corrected chi connectivity index (χ1v) is 7.66. The van der Waals surface area contributed by atoms with Crippen LogP contribution in [0.5, 0.6) is 0 Å². The molecule has 1 heterocycles. The number of likely N-dealkylation sites (tertiary alicyclic amines) is 1. The lowest BCUT2D eigenvalue weighted by Crippen LogP contribution is -2.61. The second-order valence-corrected chi connectivity index (χ2v) is 7.33. The van der Waals surface area contributed by atoms with Crippen molar-refractivity contribution in [1.29, 1.82) is 0 Å². The molecule has 2 N–H and O–H groups in total. The van der Waals surface area contributed by atoms with E-state index < -0.39 is 5.60 Å². The molecular weight excluding hydrogens is 256 g/mol. The molecule has 2 rings (SSSR count). The monoisotopic (exact) mass is 284 g/mol. The summed E-state index contributed by atoms with van der Waals surface area (Å²) in [5.74, 6) is 0. The Kier molecular flexibility index (Phi) is 4.59. The van der Waals surface area contributed by atoms with E-state index in [4.69, 9.17) is 4.74 Å². The molecule has 5 nitrogen and oxygen atoms in total. The van der Waals surface area contributed by atoms with Gasteiger partial charge in [-0.25, -0.2) is 4.79 Å². The highest BCUT2D eigenvalue weighted by Gasteiger charge is 2.37. The summed E-state index contributed by atoms with van der Waals surface area (Å²) in [4.78, 5) is 13.5. The Morgan fingerprint density at radius 1 is 1.35 bits per heavy atom. The van der Waals surface area contributed by atoms with E-state index >= 15 is 0 Å². The number of nitrogens with zero attached hydrogens (tertiary/aromatic N) is 1. The highest BCUT2D eigenvalue weighted by molar-refractivity contribution is 5.69. The molecular formula is C15H28N2O3. The van der Waals surface area contributed by atoms with Gasteiger partial charge in [-0.2, -0.15) is 0 Å². The number of amides is 1. The van der Waals surface area contributed by atoms with E-state index in [2.05, 4.69) is 5.32 Å². The average Bonchev–Trinajstić information content (AvgIpc) is 2.74. The number of nitrogens with one attached hydrogen (secondary N) is 1. The van der Waals surface area contributed by atoms with E-state index in [0.717, 1.165) is 19.4 Å². The van der Waals surface area contributed by atoms with Gasteiger partial charge in [-0.3, -0.25) is 0 Å². The Labute approximate surface area is 121 Å². The minimum atomic E-state index is -0.430. The lowest BCUT2D eigenvalue weighted by molar-refractivity contribution is 0.00332. The van der Waals surface area contributed by atoms with Gasteiger partial charge in [-0.05, 0) is 33.6 Å². The van der Waals surface area contributed by atoms with Crippen molar-refractivity contribution < 1.29 is 14.6 Å². The summed E-state index contributed by atoms with van der Waals surface area (Å²) in [5.41, 5.74) is -0.354. The lowest BCUT2D eigenvalue weighted by Gasteiger charge is -2.41. The predicted molar refractivity (Wildman–Crippen MR) is 77.6 cm³/mol. The van der Waals surface area contributed by atoms with E-state index in [1.165, 1.54) is 12.8 Å². The van der Waals surface area contributed by atoms with E-state index in [-0.39, 0.29) is 18.1 Å². The molecule has 5 heteroatoms. The van der Waals surface area contributed by atoms with Gasteiger partial charge in [0.05, 0.1) is 0 Å². The largest absolute Gasteiger partial charge is 0.444 e. The summed E-state index contributed by atoms with van der Waals surface area (Å²) in [6.45, 7) is 8.17. The van der Waals surface area contributed by atoms with Gasteiger partial charge in [-0.1, -0.05) is 12.8 Å². The minimum Gasteiger partial charge on any atom is -0.444 e. The Morgan fingerprint density at radius 2 is 1.95 bits per heavy atom. The van der Waals surface area contributed by atoms with Crippen LogP contribution < -0.4 is 5.32 Å². The molecule has 1 amide bonds. The van der Waals surface area contributed by atoms with Gasteiger partial charge in [0.1, 0.15) is 5.60 Å². The van der Waals surface area contributed by atoms with E-state index in [0.29, 0.717) is 19.1 Å². The van der Waals surface area contributed by atoms with Crippen LogP contribution in [-0.2, 0) is 4.74 Å². The third-order valence-corrected chi connectivity index (χ3v) is 4.30. The zero-order valence-corrected chi connectivity index (χ0v) is 12.9. The Bertz CT molecular complexity index is 340. The van der Waals surface area contributed by atoms with Crippen LogP contribution in [0.15, 0.2) is 0 Å². The molecule has 0 aromatic heterocycles. The van der Waals surface area contributed by atoms with E-state index in [9.17, 15) is 9.90 Å². The summed E-state index contributed by atoms with van der Waals surface area (Å²) >= 11 is 0. The number of carbonyl (C=O) groups excluding carboxylic acids is 1. The molecule has 0 aromatic carbocycles. The average molecular weight is 284 g/mol. The van der Waals surface area contributed by atoms with E-state index in [1.807, 2.05) is 20.8 Å². The van der Waals surface area contributed by atoms with Crippen molar-refractivity contribution in [2.75, 3.05) is 26.2 Å². The summed E-state index contributed by atoms with van der Waals surface area (Å²) in [5, 5.41) is 13.1. The number of aliphatic hydroxyl groups is 1. The van der Waals surface area contributed by atoms with Crippen LogP contribution in [0.2, 0.25) is 0 Å². The van der Waals surface area contributed by atoms with Crippen molar-refractivity contribution >= 4 is 6.09 Å². The second-order valence-electron chi connectivity index (χ2n) is 7.33. The summed E-state index contributed by atoms with van der Waals surface area (Å²) in [6, 6.07) is 0.339. The molecule has 1 aliphatic heterocycles. The number of rotatable bonds is 4.